The first-order valence-corrected chi connectivity index (χ1v) is 13.5. The predicted octanol–water partition coefficient (Wildman–Crippen LogP) is 6.44. The van der Waals surface area contributed by atoms with Gasteiger partial charge in [-0.05, 0) is 53.1 Å². The number of aromatic nitrogens is 4. The van der Waals surface area contributed by atoms with Crippen LogP contribution in [-0.2, 0) is 17.5 Å². The van der Waals surface area contributed by atoms with Gasteiger partial charge in [-0.25, -0.2) is 9.48 Å². The third-order valence-electron chi connectivity index (χ3n) is 6.90. The van der Waals surface area contributed by atoms with Crippen LogP contribution in [0.5, 0.6) is 0 Å². The number of ether oxygens (including phenoxy) is 1. The van der Waals surface area contributed by atoms with Crippen LogP contribution >= 0.6 is 23.2 Å². The molecule has 6 rings (SSSR count). The molecule has 0 saturated carbocycles. The Morgan fingerprint density at radius 2 is 1.34 bits per heavy atom. The molecule has 0 N–H and O–H groups in total. The summed E-state index contributed by atoms with van der Waals surface area (Å²) in [6, 6.07) is 19.2. The quantitative estimate of drug-likeness (QED) is 0.233. The Morgan fingerprint density at radius 3 is 1.90 bits per heavy atom. The van der Waals surface area contributed by atoms with Gasteiger partial charge < -0.3 is 9.64 Å². The fraction of sp³-hybridized carbons (Fsp3) is 0.207. The van der Waals surface area contributed by atoms with Crippen molar-refractivity contribution in [1.29, 1.82) is 0 Å². The van der Waals surface area contributed by atoms with Gasteiger partial charge in [-0.3, -0.25) is 0 Å². The molecular formula is C29H22Cl2F3N5O2. The Hall–Kier alpha value is -3.86. The molecule has 3 aromatic carbocycles. The summed E-state index contributed by atoms with van der Waals surface area (Å²) in [5.41, 5.74) is 2.49. The average molecular weight is 600 g/mol. The van der Waals surface area contributed by atoms with E-state index < -0.39 is 17.4 Å². The molecule has 0 atom stereocenters. The van der Waals surface area contributed by atoms with Crippen LogP contribution in [0.25, 0.3) is 27.9 Å². The summed E-state index contributed by atoms with van der Waals surface area (Å²) in [5, 5.41) is 10.6. The highest BCUT2D eigenvalue weighted by atomic mass is 35.5. The number of fused-ring (bicyclic) bond motifs is 1. The molecule has 0 spiro atoms. The SMILES string of the molecule is O=c1n(Cc2ccc(C(F)(F)F)cc2)nc2c(-c3ccc(Cl)cc3)c(-c3ccc(Cl)cc3)c(N3CCOCC3)nn12. The monoisotopic (exact) mass is 599 g/mol. The lowest BCUT2D eigenvalue weighted by atomic mass is 9.95. The zero-order valence-corrected chi connectivity index (χ0v) is 22.9. The van der Waals surface area contributed by atoms with Crippen LogP contribution < -0.4 is 10.6 Å². The van der Waals surface area contributed by atoms with E-state index in [1.54, 1.807) is 24.3 Å². The number of hydrogen-bond donors (Lipinski definition) is 0. The van der Waals surface area contributed by atoms with Crippen molar-refractivity contribution in [1.82, 2.24) is 19.4 Å². The molecular weight excluding hydrogens is 578 g/mol. The lowest BCUT2D eigenvalue weighted by molar-refractivity contribution is -0.137. The summed E-state index contributed by atoms with van der Waals surface area (Å²) >= 11 is 12.4. The Kier molecular flexibility index (Phi) is 7.23. The van der Waals surface area contributed by atoms with Gasteiger partial charge in [-0.15, -0.1) is 10.2 Å². The van der Waals surface area contributed by atoms with E-state index in [0.717, 1.165) is 28.8 Å². The van der Waals surface area contributed by atoms with E-state index in [1.165, 1.54) is 21.3 Å². The van der Waals surface area contributed by atoms with Crippen molar-refractivity contribution < 1.29 is 17.9 Å². The van der Waals surface area contributed by atoms with Crippen molar-refractivity contribution in [2.75, 3.05) is 31.2 Å². The largest absolute Gasteiger partial charge is 0.416 e. The van der Waals surface area contributed by atoms with Crippen molar-refractivity contribution in [3.05, 3.63) is 104 Å². The number of alkyl halides is 3. The van der Waals surface area contributed by atoms with E-state index >= 15 is 0 Å². The standard InChI is InChI=1S/C29H22Cl2F3N5O2/c30-22-9-3-19(4-10-22)24-25(20-5-11-23(31)12-6-20)27-35-38(17-18-1-7-21(8-2-18)29(32,33)34)28(40)39(27)36-26(24)37-13-15-41-16-14-37/h1-12H,13-17H2. The average Bonchev–Trinajstić information content (AvgIpc) is 3.28. The van der Waals surface area contributed by atoms with Crippen molar-refractivity contribution >= 4 is 34.7 Å². The van der Waals surface area contributed by atoms with E-state index in [4.69, 9.17) is 33.0 Å². The minimum absolute atomic E-state index is 0.0381. The maximum absolute atomic E-state index is 13.7. The van der Waals surface area contributed by atoms with Crippen molar-refractivity contribution in [2.24, 2.45) is 0 Å². The van der Waals surface area contributed by atoms with E-state index in [0.29, 0.717) is 58.9 Å². The molecule has 41 heavy (non-hydrogen) atoms. The molecule has 0 bridgehead atoms. The summed E-state index contributed by atoms with van der Waals surface area (Å²) in [6.45, 7) is 2.08. The second-order valence-corrected chi connectivity index (χ2v) is 10.4. The van der Waals surface area contributed by atoms with Gasteiger partial charge in [0.2, 0.25) is 0 Å². The number of halogens is 5. The summed E-state index contributed by atoms with van der Waals surface area (Å²) < 4.78 is 47.2. The number of rotatable bonds is 5. The molecule has 1 aliphatic heterocycles. The third kappa shape index (κ3) is 5.42. The van der Waals surface area contributed by atoms with Crippen LogP contribution in [0.1, 0.15) is 11.1 Å². The van der Waals surface area contributed by atoms with E-state index in [9.17, 15) is 18.0 Å². The normalized spacial score (nSPS) is 14.1. The fourth-order valence-electron chi connectivity index (χ4n) is 4.87. The van der Waals surface area contributed by atoms with Crippen LogP contribution in [0.4, 0.5) is 19.0 Å². The Labute approximate surface area is 242 Å². The van der Waals surface area contributed by atoms with Gasteiger partial charge in [-0.2, -0.15) is 17.7 Å². The molecule has 1 aliphatic rings. The lowest BCUT2D eigenvalue weighted by Gasteiger charge is -2.30. The molecule has 0 radical (unpaired) electrons. The lowest BCUT2D eigenvalue weighted by Crippen LogP contribution is -2.38. The van der Waals surface area contributed by atoms with Crippen LogP contribution in [0.15, 0.2) is 77.6 Å². The predicted molar refractivity (Wildman–Crippen MR) is 152 cm³/mol. The smallest absolute Gasteiger partial charge is 0.378 e. The van der Waals surface area contributed by atoms with Crippen LogP contribution in [0.3, 0.4) is 0 Å². The number of hydrogen-bond acceptors (Lipinski definition) is 5. The second kappa shape index (κ2) is 10.8. The number of morpholine rings is 1. The molecule has 5 aromatic rings. The van der Waals surface area contributed by atoms with Gasteiger partial charge in [-0.1, -0.05) is 59.6 Å². The number of benzene rings is 3. The minimum atomic E-state index is -4.45. The molecule has 2 aromatic heterocycles. The van der Waals surface area contributed by atoms with Gasteiger partial charge in [0, 0.05) is 34.3 Å². The van der Waals surface area contributed by atoms with E-state index in [-0.39, 0.29) is 6.54 Å². The second-order valence-electron chi connectivity index (χ2n) is 9.56. The van der Waals surface area contributed by atoms with Gasteiger partial charge in [0.05, 0.1) is 25.3 Å². The molecule has 1 saturated heterocycles. The van der Waals surface area contributed by atoms with Crippen molar-refractivity contribution in [3.63, 3.8) is 0 Å². The minimum Gasteiger partial charge on any atom is -0.378 e. The zero-order valence-electron chi connectivity index (χ0n) is 21.4. The number of anilines is 1. The van der Waals surface area contributed by atoms with Crippen LogP contribution in [-0.4, -0.2) is 45.7 Å². The van der Waals surface area contributed by atoms with Gasteiger partial charge in [0.15, 0.2) is 11.5 Å². The zero-order chi connectivity index (χ0) is 28.7. The van der Waals surface area contributed by atoms with Gasteiger partial charge >= 0.3 is 11.9 Å². The summed E-state index contributed by atoms with van der Waals surface area (Å²) in [5.74, 6) is 0.573. The highest BCUT2D eigenvalue weighted by Gasteiger charge is 2.30. The first-order valence-electron chi connectivity index (χ1n) is 12.7. The number of nitrogens with zero attached hydrogens (tertiary/aromatic N) is 5. The summed E-state index contributed by atoms with van der Waals surface area (Å²) in [4.78, 5) is 15.7. The maximum atomic E-state index is 13.7. The molecule has 1 fully saturated rings. The first kappa shape index (κ1) is 27.3. The molecule has 0 amide bonds. The van der Waals surface area contributed by atoms with Crippen molar-refractivity contribution in [3.8, 4) is 22.3 Å². The highest BCUT2D eigenvalue weighted by Crippen LogP contribution is 2.41. The van der Waals surface area contributed by atoms with E-state index in [1.807, 2.05) is 24.3 Å². The topological polar surface area (TPSA) is 64.7 Å². The van der Waals surface area contributed by atoms with Crippen LogP contribution in [0.2, 0.25) is 10.0 Å². The fourth-order valence-corrected chi connectivity index (χ4v) is 5.12. The van der Waals surface area contributed by atoms with Crippen molar-refractivity contribution in [2.45, 2.75) is 12.7 Å². The Balaban J connectivity index is 1.59. The third-order valence-corrected chi connectivity index (χ3v) is 7.40. The molecule has 3 heterocycles. The molecule has 7 nitrogen and oxygen atoms in total. The molecule has 210 valence electrons. The van der Waals surface area contributed by atoms with Gasteiger partial charge in [0.1, 0.15) is 0 Å². The highest BCUT2D eigenvalue weighted by molar-refractivity contribution is 6.31. The molecule has 12 heteroatoms. The maximum Gasteiger partial charge on any atom is 0.416 e. The summed E-state index contributed by atoms with van der Waals surface area (Å²) in [6.07, 6.45) is -4.45. The van der Waals surface area contributed by atoms with Crippen LogP contribution in [0, 0.1) is 0 Å². The van der Waals surface area contributed by atoms with E-state index in [2.05, 4.69) is 10.00 Å². The molecule has 0 unspecified atom stereocenters. The summed E-state index contributed by atoms with van der Waals surface area (Å²) in [7, 11) is 0. The van der Waals surface area contributed by atoms with Gasteiger partial charge in [0.25, 0.3) is 0 Å². The Bertz CT molecular complexity index is 1760. The Morgan fingerprint density at radius 1 is 0.780 bits per heavy atom. The first-order chi connectivity index (χ1) is 19.7. The molecule has 0 aliphatic carbocycles.